The minimum Gasteiger partial charge on any atom is -0.497 e. The van der Waals surface area contributed by atoms with Gasteiger partial charge in [0.25, 0.3) is 0 Å². The Hall–Kier alpha value is -5.68. The van der Waals surface area contributed by atoms with Gasteiger partial charge in [-0.25, -0.2) is 19.9 Å². The highest BCUT2D eigenvalue weighted by Crippen LogP contribution is 2.41. The van der Waals surface area contributed by atoms with Crippen LogP contribution in [0.15, 0.2) is 73.2 Å². The number of thiazole rings is 2. The Morgan fingerprint density at radius 1 is 0.745 bits per heavy atom. The largest absolute Gasteiger partial charge is 0.497 e. The van der Waals surface area contributed by atoms with E-state index in [1.807, 2.05) is 90.9 Å². The molecule has 55 heavy (non-hydrogen) atoms. The van der Waals surface area contributed by atoms with Crippen molar-refractivity contribution in [3.05, 3.63) is 111 Å². The summed E-state index contributed by atoms with van der Waals surface area (Å²) in [5.41, 5.74) is 14.7. The van der Waals surface area contributed by atoms with Crippen LogP contribution in [0.25, 0.3) is 22.5 Å². The van der Waals surface area contributed by atoms with Crippen molar-refractivity contribution < 1.29 is 18.9 Å². The Bertz CT molecular complexity index is 2420. The van der Waals surface area contributed by atoms with Crippen molar-refractivity contribution in [1.82, 2.24) is 39.5 Å². The highest BCUT2D eigenvalue weighted by Gasteiger charge is 2.28. The topological polar surface area (TPSA) is 162 Å². The lowest BCUT2D eigenvalue weighted by atomic mass is 10.1. The van der Waals surface area contributed by atoms with E-state index in [4.69, 9.17) is 39.9 Å². The molecule has 7 heterocycles. The van der Waals surface area contributed by atoms with E-state index in [1.165, 1.54) is 11.3 Å². The molecule has 0 spiro atoms. The number of nitrogens with one attached hydrogen (secondary N) is 1. The molecule has 0 saturated carbocycles. The maximum absolute atomic E-state index is 6.05. The van der Waals surface area contributed by atoms with E-state index in [0.717, 1.165) is 77.1 Å². The molecule has 2 atom stereocenters. The molecule has 16 heteroatoms. The molecule has 0 amide bonds. The van der Waals surface area contributed by atoms with Crippen molar-refractivity contribution in [2.24, 2.45) is 0 Å². The first-order valence-corrected chi connectivity index (χ1v) is 19.3. The van der Waals surface area contributed by atoms with Crippen LogP contribution in [0.2, 0.25) is 0 Å². The molecular formula is C39H40N10O4S2. The van der Waals surface area contributed by atoms with Crippen molar-refractivity contribution >= 4 is 38.9 Å². The Morgan fingerprint density at radius 2 is 1.27 bits per heavy atom. The number of nitrogen functional groups attached to an aromatic ring is 1. The number of rotatable bonds is 8. The van der Waals surface area contributed by atoms with Gasteiger partial charge in [-0.1, -0.05) is 46.9 Å². The second-order valence-electron chi connectivity index (χ2n) is 13.1. The number of hydrogen-bond donors (Lipinski definition) is 2. The van der Waals surface area contributed by atoms with Crippen LogP contribution >= 0.6 is 22.7 Å². The van der Waals surface area contributed by atoms with Crippen molar-refractivity contribution in [2.45, 2.75) is 59.3 Å². The summed E-state index contributed by atoms with van der Waals surface area (Å²) in [5.74, 6) is 2.22. The zero-order valence-electron chi connectivity index (χ0n) is 31.0. The lowest BCUT2D eigenvalue weighted by molar-refractivity contribution is 0.0532. The minimum absolute atomic E-state index is 0.0697. The van der Waals surface area contributed by atoms with Gasteiger partial charge in [0, 0.05) is 35.4 Å². The van der Waals surface area contributed by atoms with Crippen molar-refractivity contribution in [3.8, 4) is 34.0 Å². The lowest BCUT2D eigenvalue weighted by Crippen LogP contribution is -2.04. The van der Waals surface area contributed by atoms with Gasteiger partial charge in [0.1, 0.15) is 22.9 Å². The van der Waals surface area contributed by atoms with Crippen LogP contribution in [0.5, 0.6) is 11.5 Å². The van der Waals surface area contributed by atoms with Gasteiger partial charge in [-0.05, 0) is 62.2 Å². The second-order valence-corrected chi connectivity index (χ2v) is 15.3. The number of ether oxygens (including phenoxy) is 4. The molecule has 0 aliphatic carbocycles. The summed E-state index contributed by atoms with van der Waals surface area (Å²) in [6, 6.07) is 17.9. The number of nitrogens with two attached hydrogens (primary N) is 1. The molecule has 14 nitrogen and oxygen atoms in total. The Balaban J connectivity index is 0.000000160. The molecule has 5 aromatic heterocycles. The lowest BCUT2D eigenvalue weighted by Gasteiger charge is -2.08. The summed E-state index contributed by atoms with van der Waals surface area (Å²) in [6.45, 7) is 8.34. The highest BCUT2D eigenvalue weighted by atomic mass is 32.1. The van der Waals surface area contributed by atoms with Crippen LogP contribution < -0.4 is 20.5 Å². The third-order valence-electron chi connectivity index (χ3n) is 9.22. The molecule has 0 bridgehead atoms. The molecule has 282 valence electrons. The third-order valence-corrected chi connectivity index (χ3v) is 11.0. The van der Waals surface area contributed by atoms with Gasteiger partial charge in [0.15, 0.2) is 10.3 Å². The Morgan fingerprint density at radius 3 is 1.80 bits per heavy atom. The summed E-state index contributed by atoms with van der Waals surface area (Å²) in [4.78, 5) is 20.1. The number of hydrogen-bond acceptors (Lipinski definition) is 14. The fraction of sp³-hybridized carbons (Fsp3) is 0.282. The van der Waals surface area contributed by atoms with Gasteiger partial charge in [-0.2, -0.15) is 10.2 Å². The molecule has 7 aromatic rings. The average molecular weight is 777 g/mol. The van der Waals surface area contributed by atoms with Gasteiger partial charge in [0.05, 0.1) is 73.9 Å². The van der Waals surface area contributed by atoms with Crippen LogP contribution in [0.4, 0.5) is 16.2 Å². The van der Waals surface area contributed by atoms with Crippen LogP contribution in [0.3, 0.4) is 0 Å². The van der Waals surface area contributed by atoms with Crippen molar-refractivity contribution in [3.63, 3.8) is 0 Å². The second kappa shape index (κ2) is 15.6. The fourth-order valence-electron chi connectivity index (χ4n) is 6.39. The molecule has 3 N–H and O–H groups in total. The summed E-state index contributed by atoms with van der Waals surface area (Å²) in [5, 5.41) is 14.0. The van der Waals surface area contributed by atoms with Crippen LogP contribution in [0, 0.1) is 6.92 Å². The van der Waals surface area contributed by atoms with Crippen molar-refractivity contribution in [1.29, 1.82) is 0 Å². The molecule has 2 aliphatic heterocycles. The number of anilines is 3. The highest BCUT2D eigenvalue weighted by molar-refractivity contribution is 7.16. The average Bonchev–Trinajstić information content (AvgIpc) is 3.96. The maximum Gasteiger partial charge on any atom is 0.229 e. The predicted octanol–water partition coefficient (Wildman–Crippen LogP) is 7.73. The predicted molar refractivity (Wildman–Crippen MR) is 212 cm³/mol. The van der Waals surface area contributed by atoms with E-state index >= 15 is 0 Å². The molecule has 9 rings (SSSR count). The molecule has 0 saturated heterocycles. The van der Waals surface area contributed by atoms with E-state index in [1.54, 1.807) is 31.8 Å². The molecule has 2 aliphatic rings. The molecular weight excluding hydrogens is 737 g/mol. The van der Waals surface area contributed by atoms with Gasteiger partial charge in [-0.15, -0.1) is 0 Å². The number of aromatic nitrogens is 8. The monoisotopic (exact) mass is 776 g/mol. The number of benzene rings is 2. The molecule has 2 aromatic carbocycles. The van der Waals surface area contributed by atoms with Gasteiger partial charge in [-0.3, -0.25) is 9.36 Å². The number of methoxy groups -OCH3 is 2. The quantitative estimate of drug-likeness (QED) is 0.155. The van der Waals surface area contributed by atoms with Crippen LogP contribution in [0.1, 0.15) is 64.0 Å². The van der Waals surface area contributed by atoms with Gasteiger partial charge < -0.3 is 30.0 Å². The van der Waals surface area contributed by atoms with E-state index in [9.17, 15) is 0 Å². The van der Waals surface area contributed by atoms with Crippen LogP contribution in [-0.2, 0) is 35.8 Å². The van der Waals surface area contributed by atoms with Gasteiger partial charge in [0.2, 0.25) is 5.95 Å². The minimum atomic E-state index is -0.106. The third kappa shape index (κ3) is 7.93. The summed E-state index contributed by atoms with van der Waals surface area (Å²) < 4.78 is 26.2. The normalized spacial score (nSPS) is 15.7. The zero-order valence-corrected chi connectivity index (χ0v) is 32.6. The summed E-state index contributed by atoms with van der Waals surface area (Å²) in [6.07, 6.45) is 5.64. The van der Waals surface area contributed by atoms with Crippen molar-refractivity contribution in [2.75, 3.05) is 25.3 Å². The molecule has 0 radical (unpaired) electrons. The van der Waals surface area contributed by atoms with E-state index in [2.05, 4.69) is 26.5 Å². The SMILES string of the molecule is COc1ccc(Cn2cc3c(n2)C(C)OCc2sc(N)nc2-3)cc1.COc1ccc(Cn2cc3c(n2)C(C)OCc2sc(Nc4nccc(C)n4)nc2-3)cc1. The van der Waals surface area contributed by atoms with E-state index < -0.39 is 0 Å². The number of fused-ring (bicyclic) bond motifs is 6. The first-order chi connectivity index (χ1) is 26.7. The molecule has 0 fully saturated rings. The van der Waals surface area contributed by atoms with Crippen LogP contribution in [-0.4, -0.2) is 53.7 Å². The van der Waals surface area contributed by atoms with E-state index in [0.29, 0.717) is 37.4 Å². The first-order valence-electron chi connectivity index (χ1n) is 17.7. The first kappa shape index (κ1) is 36.3. The zero-order chi connectivity index (χ0) is 38.1. The smallest absolute Gasteiger partial charge is 0.229 e. The van der Waals surface area contributed by atoms with Gasteiger partial charge >= 0.3 is 0 Å². The summed E-state index contributed by atoms with van der Waals surface area (Å²) in [7, 11) is 3.33. The summed E-state index contributed by atoms with van der Waals surface area (Å²) >= 11 is 3.03. The number of nitrogens with zero attached hydrogens (tertiary/aromatic N) is 8. The standard InChI is InChI=1S/C22H22N6O2S.C17H18N4O2S/c1-13-8-9-23-21(24-13)26-22-25-20-17-11-28(10-15-4-6-16(29-3)7-5-15)27-19(17)14(2)30-12-18(20)31-22;1-10-15-13(16-14(9-23-10)24-17(18)19-16)8-21(20-15)7-11-3-5-12(22-2)6-4-11/h4-9,11,14H,10,12H2,1-3H3,(H,23,24,25,26);3-6,8,10H,7,9H2,1-2H3,(H2,18,19). The number of aryl methyl sites for hydroxylation is 1. The molecule has 2 unspecified atom stereocenters. The fourth-order valence-corrected chi connectivity index (χ4v) is 8.05. The Kier molecular flexibility index (Phi) is 10.3. The van der Waals surface area contributed by atoms with E-state index in [-0.39, 0.29) is 12.2 Å². The Labute approximate surface area is 326 Å². The maximum atomic E-state index is 6.05.